The number of hydrogen-bond donors (Lipinski definition) is 3. The van der Waals surface area contributed by atoms with Crippen LogP contribution in [0.15, 0.2) is 11.6 Å². The summed E-state index contributed by atoms with van der Waals surface area (Å²) in [5.41, 5.74) is 2.13. The number of aliphatic hydroxyl groups is 3. The Labute approximate surface area is 368 Å². The molecule has 60 heavy (non-hydrogen) atoms. The summed E-state index contributed by atoms with van der Waals surface area (Å²) in [6.07, 6.45) is 29.0. The summed E-state index contributed by atoms with van der Waals surface area (Å²) < 4.78 is 18.1. The van der Waals surface area contributed by atoms with Gasteiger partial charge in [-0.05, 0) is 116 Å². The lowest BCUT2D eigenvalue weighted by atomic mass is 9.47. The Bertz CT molecular complexity index is 1280. The minimum Gasteiger partial charge on any atom is -0.463 e. The Morgan fingerprint density at radius 1 is 0.767 bits per heavy atom. The monoisotopic (exact) mass is 843 g/mol. The molecule has 0 amide bonds. The molecule has 7 nitrogen and oxygen atoms in total. The van der Waals surface area contributed by atoms with E-state index >= 15 is 0 Å². The quantitative estimate of drug-likeness (QED) is 0.0452. The number of aliphatic hydroxyl groups excluding tert-OH is 3. The Morgan fingerprint density at radius 3 is 2.02 bits per heavy atom. The Balaban J connectivity index is 1.01. The molecule has 5 rings (SSSR count). The van der Waals surface area contributed by atoms with Crippen molar-refractivity contribution >= 4 is 5.97 Å². The summed E-state index contributed by atoms with van der Waals surface area (Å²) in [6, 6.07) is 0. The van der Waals surface area contributed by atoms with E-state index in [-0.39, 0.29) is 24.1 Å². The molecule has 3 N–H and O–H groups in total. The molecule has 0 spiro atoms. The van der Waals surface area contributed by atoms with Crippen LogP contribution in [-0.4, -0.2) is 64.7 Å². The average Bonchev–Trinajstić information content (AvgIpc) is 3.59. The number of esters is 1. The molecule has 4 aliphatic carbocycles. The van der Waals surface area contributed by atoms with Crippen molar-refractivity contribution in [1.29, 1.82) is 0 Å². The molecule has 7 heteroatoms. The first-order chi connectivity index (χ1) is 28.8. The van der Waals surface area contributed by atoms with Crippen LogP contribution in [0.1, 0.15) is 222 Å². The number of hydrogen-bond acceptors (Lipinski definition) is 7. The van der Waals surface area contributed by atoms with Crippen molar-refractivity contribution in [2.24, 2.45) is 52.3 Å². The normalized spacial score (nSPS) is 36.3. The highest BCUT2D eigenvalue weighted by molar-refractivity contribution is 5.69. The Morgan fingerprint density at radius 2 is 1.40 bits per heavy atom. The molecular weight excluding hydrogens is 749 g/mol. The molecule has 348 valence electrons. The molecule has 1 aliphatic heterocycles. The summed E-state index contributed by atoms with van der Waals surface area (Å²) in [4.78, 5) is 12.6. The molecule has 5 aliphatic rings. The van der Waals surface area contributed by atoms with Crippen LogP contribution in [0.5, 0.6) is 0 Å². The number of carbonyl (C=O) groups excluding carboxylic acids is 1. The van der Waals surface area contributed by atoms with Gasteiger partial charge in [-0.15, -0.1) is 0 Å². The third-order valence-corrected chi connectivity index (χ3v) is 17.7. The molecule has 1 saturated heterocycles. The highest BCUT2D eigenvalue weighted by atomic mass is 16.7. The van der Waals surface area contributed by atoms with Crippen LogP contribution in [-0.2, 0) is 19.0 Å². The molecule has 0 radical (unpaired) electrons. The first-order valence-electron chi connectivity index (χ1n) is 26.0. The Kier molecular flexibility index (Phi) is 20.3. The number of fused-ring (bicyclic) bond motifs is 5. The predicted molar refractivity (Wildman–Crippen MR) is 244 cm³/mol. The van der Waals surface area contributed by atoms with Gasteiger partial charge in [0.05, 0.1) is 6.10 Å². The molecule has 0 bridgehead atoms. The summed E-state index contributed by atoms with van der Waals surface area (Å²) in [5.74, 6) is 5.24. The largest absolute Gasteiger partial charge is 0.463 e. The van der Waals surface area contributed by atoms with E-state index in [1.165, 1.54) is 128 Å². The maximum atomic E-state index is 12.6. The van der Waals surface area contributed by atoms with Gasteiger partial charge in [-0.25, -0.2) is 0 Å². The van der Waals surface area contributed by atoms with E-state index in [4.69, 9.17) is 14.2 Å². The zero-order valence-electron chi connectivity index (χ0n) is 39.9. The van der Waals surface area contributed by atoms with Gasteiger partial charge in [-0.1, -0.05) is 163 Å². The fraction of sp³-hybridized carbons (Fsp3) is 0.943. The summed E-state index contributed by atoms with van der Waals surface area (Å²) in [5, 5.41) is 32.6. The molecule has 4 fully saturated rings. The summed E-state index contributed by atoms with van der Waals surface area (Å²) in [6.45, 7) is 17.0. The second-order valence-corrected chi connectivity index (χ2v) is 21.9. The van der Waals surface area contributed by atoms with Crippen molar-refractivity contribution in [3.05, 3.63) is 11.6 Å². The van der Waals surface area contributed by atoms with E-state index < -0.39 is 30.7 Å². The molecule has 3 saturated carbocycles. The SMILES string of the molecule is CCCCCCCCCCCCCCCCCC(=O)OC[C@@H]1O[C@H](O[C@H]2CC[C@@]3(C)C(=CC[C@@H]4[C@H]5CC[C@@H]([C@H](C)CC[C@H](CC)C(C)C)[C@@]5(C)CC[C@@H]43)C2)[C@@H](O)[C@H](O)[C@H]1O. The van der Waals surface area contributed by atoms with Crippen molar-refractivity contribution in [3.63, 3.8) is 0 Å². The van der Waals surface area contributed by atoms with Crippen LogP contribution >= 0.6 is 0 Å². The smallest absolute Gasteiger partial charge is 0.305 e. The minimum absolute atomic E-state index is 0.139. The van der Waals surface area contributed by atoms with Gasteiger partial charge in [0.2, 0.25) is 0 Å². The molecule has 0 unspecified atom stereocenters. The van der Waals surface area contributed by atoms with E-state index in [0.29, 0.717) is 17.8 Å². The number of unbranched alkanes of at least 4 members (excludes halogenated alkanes) is 14. The fourth-order valence-corrected chi connectivity index (χ4v) is 13.7. The fourth-order valence-electron chi connectivity index (χ4n) is 13.7. The first kappa shape index (κ1) is 50.0. The van der Waals surface area contributed by atoms with Crippen LogP contribution < -0.4 is 0 Å². The maximum Gasteiger partial charge on any atom is 0.305 e. The first-order valence-corrected chi connectivity index (χ1v) is 26.0. The van der Waals surface area contributed by atoms with Gasteiger partial charge in [0.15, 0.2) is 6.29 Å². The number of carbonyl (C=O) groups is 1. The van der Waals surface area contributed by atoms with Crippen molar-refractivity contribution in [2.75, 3.05) is 6.61 Å². The topological polar surface area (TPSA) is 105 Å². The van der Waals surface area contributed by atoms with Crippen LogP contribution in [0.25, 0.3) is 0 Å². The molecule has 0 aromatic heterocycles. The number of rotatable bonds is 26. The zero-order chi connectivity index (χ0) is 43.3. The van der Waals surface area contributed by atoms with Crippen molar-refractivity contribution in [1.82, 2.24) is 0 Å². The second-order valence-electron chi connectivity index (χ2n) is 21.9. The van der Waals surface area contributed by atoms with Gasteiger partial charge >= 0.3 is 5.97 Å². The lowest BCUT2D eigenvalue weighted by Crippen LogP contribution is -2.60. The molecule has 0 aromatic carbocycles. The van der Waals surface area contributed by atoms with Crippen molar-refractivity contribution in [3.8, 4) is 0 Å². The van der Waals surface area contributed by atoms with E-state index in [0.717, 1.165) is 80.5 Å². The minimum atomic E-state index is -1.44. The third-order valence-electron chi connectivity index (χ3n) is 17.7. The van der Waals surface area contributed by atoms with Crippen LogP contribution in [0.2, 0.25) is 0 Å². The van der Waals surface area contributed by atoms with Crippen LogP contribution in [0.3, 0.4) is 0 Å². The Hall–Kier alpha value is -0.990. The average molecular weight is 843 g/mol. The van der Waals surface area contributed by atoms with Crippen LogP contribution in [0, 0.1) is 52.3 Å². The zero-order valence-corrected chi connectivity index (χ0v) is 39.9. The number of allylic oxidation sites excluding steroid dienone is 1. The molecule has 1 heterocycles. The lowest BCUT2D eigenvalue weighted by molar-refractivity contribution is -0.313. The predicted octanol–water partition coefficient (Wildman–Crippen LogP) is 12.7. The van der Waals surface area contributed by atoms with E-state index in [1.807, 2.05) is 0 Å². The maximum absolute atomic E-state index is 12.6. The summed E-state index contributed by atoms with van der Waals surface area (Å²) in [7, 11) is 0. The second kappa shape index (κ2) is 24.3. The van der Waals surface area contributed by atoms with Crippen molar-refractivity contribution < 1.29 is 34.3 Å². The van der Waals surface area contributed by atoms with Gasteiger partial charge < -0.3 is 29.5 Å². The van der Waals surface area contributed by atoms with Gasteiger partial charge in [0, 0.05) is 6.42 Å². The van der Waals surface area contributed by atoms with Gasteiger partial charge in [-0.3, -0.25) is 4.79 Å². The molecular formula is C53H94O7. The summed E-state index contributed by atoms with van der Waals surface area (Å²) >= 11 is 0. The molecule has 0 aromatic rings. The third kappa shape index (κ3) is 12.8. The number of ether oxygens (including phenoxy) is 3. The van der Waals surface area contributed by atoms with Gasteiger partial charge in [0.1, 0.15) is 31.0 Å². The van der Waals surface area contributed by atoms with Gasteiger partial charge in [0.25, 0.3) is 0 Å². The van der Waals surface area contributed by atoms with E-state index in [9.17, 15) is 20.1 Å². The van der Waals surface area contributed by atoms with Gasteiger partial charge in [-0.2, -0.15) is 0 Å². The highest BCUT2D eigenvalue weighted by Gasteiger charge is 2.59. The highest BCUT2D eigenvalue weighted by Crippen LogP contribution is 2.67. The van der Waals surface area contributed by atoms with E-state index in [1.54, 1.807) is 0 Å². The van der Waals surface area contributed by atoms with E-state index in [2.05, 4.69) is 54.5 Å². The van der Waals surface area contributed by atoms with Crippen molar-refractivity contribution in [2.45, 2.75) is 259 Å². The lowest BCUT2D eigenvalue weighted by Gasteiger charge is -2.58. The van der Waals surface area contributed by atoms with Crippen LogP contribution in [0.4, 0.5) is 0 Å². The molecule has 14 atom stereocenters. The standard InChI is InChI=1S/C53H94O7/c1-8-10-11-12-13-14-15-16-17-18-19-20-21-22-23-24-47(54)58-36-46-48(55)49(56)50(57)51(60-46)59-41-31-33-52(6)40(35-41)27-28-42-44-30-29-43(53(44,7)34-32-45(42)52)38(5)25-26-39(9-2)37(3)4/h27,37-39,41-46,48-51,55-57H,8-26,28-36H2,1-7H3/t38-,39+,41+,42-,43+,44-,45+,46+,48+,49-,50+,51+,52+,53-/m1/s1.